The van der Waals surface area contributed by atoms with Crippen LogP contribution in [0.5, 0.6) is 0 Å². The van der Waals surface area contributed by atoms with Gasteiger partial charge in [-0.1, -0.05) is 84.3 Å². The summed E-state index contributed by atoms with van der Waals surface area (Å²) in [4.78, 5) is 23.2. The number of unbranched alkanes of at least 4 members (excludes halogenated alkanes) is 11. The third-order valence-corrected chi connectivity index (χ3v) is 4.85. The zero-order valence-electron chi connectivity index (χ0n) is 18.0. The number of nitrogens with two attached hydrogens (primary N) is 1. The first-order valence-electron chi connectivity index (χ1n) is 11.1. The fraction of sp³-hybridized carbons (Fsp3) is 0.826. The van der Waals surface area contributed by atoms with Crippen LogP contribution in [0.3, 0.4) is 0 Å². The summed E-state index contributed by atoms with van der Waals surface area (Å²) in [6, 6.07) is -0.719. The van der Waals surface area contributed by atoms with Crippen molar-refractivity contribution in [2.45, 2.75) is 117 Å². The van der Waals surface area contributed by atoms with E-state index in [9.17, 15) is 9.59 Å². The number of ether oxygens (including phenoxy) is 1. The van der Waals surface area contributed by atoms with Crippen LogP contribution in [0.1, 0.15) is 111 Å². The topological polar surface area (TPSA) is 69.4 Å². The molecule has 0 amide bonds. The molecule has 5 heteroatoms. The molecule has 0 saturated heterocycles. The monoisotopic (exact) mass is 405 g/mol. The molecule has 160 valence electrons. The molecule has 0 saturated carbocycles. The van der Waals surface area contributed by atoms with Crippen molar-refractivity contribution in [3.05, 3.63) is 12.2 Å². The summed E-state index contributed by atoms with van der Waals surface area (Å²) in [6.45, 7) is 5.92. The standard InChI is InChI=1S/C23H43NO3.Na.H/c1-4-5-6-7-8-9-10-11-12-13-14-15-16-17-18-19-21(25)27-23(26)22(24)20(2)3;;/h11-12,20,22H,4-10,13-19,24H2,1-3H3;;/b12-11-;;. The quantitative estimate of drug-likeness (QED) is 0.115. The van der Waals surface area contributed by atoms with Crippen molar-refractivity contribution in [1.29, 1.82) is 0 Å². The number of hydrogen-bond donors (Lipinski definition) is 1. The molecule has 0 aromatic rings. The van der Waals surface area contributed by atoms with Gasteiger partial charge in [0.1, 0.15) is 6.04 Å². The van der Waals surface area contributed by atoms with Crippen LogP contribution in [0.15, 0.2) is 12.2 Å². The molecule has 0 radical (unpaired) electrons. The van der Waals surface area contributed by atoms with E-state index in [2.05, 4.69) is 19.1 Å². The third kappa shape index (κ3) is 19.2. The van der Waals surface area contributed by atoms with E-state index >= 15 is 0 Å². The molecule has 0 bridgehead atoms. The van der Waals surface area contributed by atoms with E-state index in [0.29, 0.717) is 6.42 Å². The van der Waals surface area contributed by atoms with Crippen molar-refractivity contribution in [3.63, 3.8) is 0 Å². The fourth-order valence-corrected chi connectivity index (χ4v) is 2.84. The Morgan fingerprint density at radius 3 is 1.79 bits per heavy atom. The van der Waals surface area contributed by atoms with E-state index < -0.39 is 18.0 Å². The third-order valence-electron chi connectivity index (χ3n) is 4.85. The molecular weight excluding hydrogens is 361 g/mol. The molecular formula is C23H44NNaO3. The van der Waals surface area contributed by atoms with Crippen molar-refractivity contribution < 1.29 is 14.3 Å². The summed E-state index contributed by atoms with van der Waals surface area (Å²) >= 11 is 0. The van der Waals surface area contributed by atoms with Gasteiger partial charge in [-0.3, -0.25) is 4.79 Å². The SMILES string of the molecule is CCCCCCCC/C=C\CCCCCCCC(=O)OC(=O)C(N)C(C)C.[NaH]. The van der Waals surface area contributed by atoms with Crippen molar-refractivity contribution >= 4 is 41.5 Å². The van der Waals surface area contributed by atoms with Crippen LogP contribution in [-0.2, 0) is 14.3 Å². The number of carbonyl (C=O) groups is 2. The molecule has 0 aromatic heterocycles. The molecule has 0 aromatic carbocycles. The first-order chi connectivity index (χ1) is 13.0. The Morgan fingerprint density at radius 2 is 1.29 bits per heavy atom. The number of esters is 2. The van der Waals surface area contributed by atoms with Crippen LogP contribution in [-0.4, -0.2) is 47.5 Å². The Labute approximate surface area is 195 Å². The van der Waals surface area contributed by atoms with Crippen LogP contribution >= 0.6 is 0 Å². The van der Waals surface area contributed by atoms with Gasteiger partial charge in [-0.15, -0.1) is 0 Å². The molecule has 0 aliphatic rings. The van der Waals surface area contributed by atoms with Crippen LogP contribution < -0.4 is 5.73 Å². The number of hydrogen-bond acceptors (Lipinski definition) is 4. The Bertz CT molecular complexity index is 411. The van der Waals surface area contributed by atoms with Crippen LogP contribution in [0.25, 0.3) is 0 Å². The summed E-state index contributed by atoms with van der Waals surface area (Å²) in [5.41, 5.74) is 5.66. The molecule has 0 spiro atoms. The summed E-state index contributed by atoms with van der Waals surface area (Å²) in [5.74, 6) is -1.08. The van der Waals surface area contributed by atoms with Crippen LogP contribution in [0.2, 0.25) is 0 Å². The Balaban J connectivity index is 0. The second kappa shape index (κ2) is 21.5. The van der Waals surface area contributed by atoms with Gasteiger partial charge >= 0.3 is 41.5 Å². The van der Waals surface area contributed by atoms with Crippen molar-refractivity contribution in [3.8, 4) is 0 Å². The van der Waals surface area contributed by atoms with Crippen molar-refractivity contribution in [2.75, 3.05) is 0 Å². The van der Waals surface area contributed by atoms with Crippen LogP contribution in [0, 0.1) is 5.92 Å². The average molecular weight is 406 g/mol. The van der Waals surface area contributed by atoms with Gasteiger partial charge in [0, 0.05) is 6.42 Å². The minimum atomic E-state index is -0.719. The summed E-state index contributed by atoms with van der Waals surface area (Å²) in [5, 5.41) is 0. The minimum absolute atomic E-state index is 0. The second-order valence-electron chi connectivity index (χ2n) is 7.90. The van der Waals surface area contributed by atoms with E-state index in [1.54, 1.807) is 0 Å². The Hall–Kier alpha value is -0.160. The van der Waals surface area contributed by atoms with Gasteiger partial charge in [0.2, 0.25) is 0 Å². The molecule has 0 rings (SSSR count). The molecule has 0 aliphatic heterocycles. The van der Waals surface area contributed by atoms with E-state index in [1.807, 2.05) is 13.8 Å². The van der Waals surface area contributed by atoms with Gasteiger partial charge in [0.15, 0.2) is 0 Å². The summed E-state index contributed by atoms with van der Waals surface area (Å²) in [6.07, 6.45) is 20.8. The average Bonchev–Trinajstić information content (AvgIpc) is 2.64. The summed E-state index contributed by atoms with van der Waals surface area (Å²) in [7, 11) is 0. The molecule has 2 N–H and O–H groups in total. The first-order valence-corrected chi connectivity index (χ1v) is 11.1. The predicted molar refractivity (Wildman–Crippen MR) is 121 cm³/mol. The zero-order chi connectivity index (χ0) is 20.3. The predicted octanol–water partition coefficient (Wildman–Crippen LogP) is 5.43. The van der Waals surface area contributed by atoms with E-state index in [0.717, 1.165) is 25.7 Å². The second-order valence-corrected chi connectivity index (χ2v) is 7.90. The number of allylic oxidation sites excluding steroid dienone is 2. The first kappa shape index (κ1) is 30.0. The van der Waals surface area contributed by atoms with E-state index in [1.165, 1.54) is 57.8 Å². The molecule has 0 aliphatic carbocycles. The molecule has 0 fully saturated rings. The maximum absolute atomic E-state index is 11.6. The van der Waals surface area contributed by atoms with Gasteiger partial charge in [-0.25, -0.2) is 4.79 Å². The fourth-order valence-electron chi connectivity index (χ4n) is 2.84. The molecule has 28 heavy (non-hydrogen) atoms. The van der Waals surface area contributed by atoms with Crippen molar-refractivity contribution in [1.82, 2.24) is 0 Å². The van der Waals surface area contributed by atoms with Crippen LogP contribution in [0.4, 0.5) is 0 Å². The van der Waals surface area contributed by atoms with E-state index in [4.69, 9.17) is 10.5 Å². The van der Waals surface area contributed by atoms with Gasteiger partial charge in [-0.2, -0.15) is 0 Å². The van der Waals surface area contributed by atoms with Gasteiger partial charge in [0.05, 0.1) is 0 Å². The van der Waals surface area contributed by atoms with E-state index in [-0.39, 0.29) is 35.5 Å². The van der Waals surface area contributed by atoms with Gasteiger partial charge < -0.3 is 10.5 Å². The number of carbonyl (C=O) groups excluding carboxylic acids is 2. The number of rotatable bonds is 17. The summed E-state index contributed by atoms with van der Waals surface area (Å²) < 4.78 is 4.78. The van der Waals surface area contributed by atoms with Gasteiger partial charge in [-0.05, 0) is 38.0 Å². The van der Waals surface area contributed by atoms with Gasteiger partial charge in [0.25, 0.3) is 0 Å². The molecule has 0 heterocycles. The Kier molecular flexibility index (Phi) is 23.1. The Morgan fingerprint density at radius 1 is 0.821 bits per heavy atom. The maximum atomic E-state index is 11.6. The molecule has 1 unspecified atom stereocenters. The zero-order valence-corrected chi connectivity index (χ0v) is 18.0. The molecule has 1 atom stereocenters. The van der Waals surface area contributed by atoms with Crippen molar-refractivity contribution in [2.24, 2.45) is 11.7 Å². The normalized spacial score (nSPS) is 12.2. The molecule has 4 nitrogen and oxygen atoms in total.